The van der Waals surface area contributed by atoms with Crippen molar-refractivity contribution in [2.45, 2.75) is 0 Å². The number of hydrogen-bond acceptors (Lipinski definition) is 6. The summed E-state index contributed by atoms with van der Waals surface area (Å²) in [6.45, 7) is 0.732. The number of nitrogens with zero attached hydrogens (tertiary/aromatic N) is 1. The van der Waals surface area contributed by atoms with Crippen LogP contribution >= 0.6 is 11.6 Å². The van der Waals surface area contributed by atoms with Gasteiger partial charge in [0.2, 0.25) is 0 Å². The van der Waals surface area contributed by atoms with Gasteiger partial charge in [0.25, 0.3) is 0 Å². The number of carbonyl (C=O) groups is 1. The van der Waals surface area contributed by atoms with Gasteiger partial charge in [0.05, 0.1) is 16.1 Å². The number of ether oxygens (including phenoxy) is 2. The van der Waals surface area contributed by atoms with Crippen LogP contribution in [0.4, 0.5) is 5.82 Å². The molecule has 0 saturated carbocycles. The number of nitrogens with two attached hydrogens (primary N) is 1. The zero-order valence-corrected chi connectivity index (χ0v) is 10.4. The standard InChI is InChI=1S/C12H9ClN2O4/c13-7-3-6(5-16)11-12(18-2-1-17-11)10(7)8-4-9(14)15-19-8/h3-5H,1-2H2,(H2,14,15). The van der Waals surface area contributed by atoms with Gasteiger partial charge in [0.15, 0.2) is 29.4 Å². The summed E-state index contributed by atoms with van der Waals surface area (Å²) < 4.78 is 16.1. The second-order valence-corrected chi connectivity index (χ2v) is 4.32. The van der Waals surface area contributed by atoms with E-state index >= 15 is 0 Å². The van der Waals surface area contributed by atoms with Crippen LogP contribution in [0.3, 0.4) is 0 Å². The van der Waals surface area contributed by atoms with Crippen molar-refractivity contribution in [1.82, 2.24) is 5.16 Å². The number of nitrogen functional groups attached to an aromatic ring is 1. The van der Waals surface area contributed by atoms with Crippen LogP contribution in [-0.2, 0) is 0 Å². The summed E-state index contributed by atoms with van der Waals surface area (Å²) in [7, 11) is 0. The van der Waals surface area contributed by atoms with E-state index in [-0.39, 0.29) is 5.82 Å². The molecule has 0 bridgehead atoms. The molecule has 1 aromatic carbocycles. The van der Waals surface area contributed by atoms with E-state index in [1.54, 1.807) is 0 Å². The molecule has 0 aliphatic carbocycles. The van der Waals surface area contributed by atoms with E-state index in [1.165, 1.54) is 12.1 Å². The molecule has 1 aromatic heterocycles. The van der Waals surface area contributed by atoms with Gasteiger partial charge in [0.1, 0.15) is 13.2 Å². The van der Waals surface area contributed by atoms with Crippen LogP contribution in [0.5, 0.6) is 11.5 Å². The normalized spacial score (nSPS) is 13.3. The first-order chi connectivity index (χ1) is 9.20. The number of anilines is 1. The van der Waals surface area contributed by atoms with Gasteiger partial charge in [-0.2, -0.15) is 0 Å². The topological polar surface area (TPSA) is 87.6 Å². The van der Waals surface area contributed by atoms with Crippen molar-refractivity contribution >= 4 is 23.7 Å². The van der Waals surface area contributed by atoms with E-state index in [0.717, 1.165) is 0 Å². The second-order valence-electron chi connectivity index (χ2n) is 3.91. The molecule has 3 rings (SSSR count). The minimum atomic E-state index is 0.232. The highest BCUT2D eigenvalue weighted by molar-refractivity contribution is 6.34. The minimum absolute atomic E-state index is 0.232. The van der Waals surface area contributed by atoms with Crippen molar-refractivity contribution in [3.8, 4) is 22.8 Å². The molecule has 2 N–H and O–H groups in total. The molecule has 98 valence electrons. The smallest absolute Gasteiger partial charge is 0.174 e. The maximum atomic E-state index is 11.0. The van der Waals surface area contributed by atoms with Crippen molar-refractivity contribution in [1.29, 1.82) is 0 Å². The number of benzene rings is 1. The Bertz CT molecular complexity index is 653. The highest BCUT2D eigenvalue weighted by atomic mass is 35.5. The first kappa shape index (κ1) is 11.9. The van der Waals surface area contributed by atoms with Gasteiger partial charge in [-0.3, -0.25) is 4.79 Å². The second kappa shape index (κ2) is 4.47. The Labute approximate surface area is 113 Å². The third-order valence-corrected chi connectivity index (χ3v) is 2.99. The molecule has 1 aliphatic rings. The molecule has 0 spiro atoms. The lowest BCUT2D eigenvalue weighted by atomic mass is 10.1. The van der Waals surface area contributed by atoms with E-state index in [4.69, 9.17) is 31.3 Å². The third-order valence-electron chi connectivity index (χ3n) is 2.69. The molecular formula is C12H9ClN2O4. The Kier molecular flexibility index (Phi) is 2.79. The van der Waals surface area contributed by atoms with Crippen molar-refractivity contribution in [2.75, 3.05) is 18.9 Å². The van der Waals surface area contributed by atoms with Gasteiger partial charge in [0, 0.05) is 6.07 Å². The number of aromatic nitrogens is 1. The third kappa shape index (κ3) is 1.90. The van der Waals surface area contributed by atoms with E-state index in [2.05, 4.69) is 5.16 Å². The average Bonchev–Trinajstić information content (AvgIpc) is 2.84. The average molecular weight is 281 g/mol. The first-order valence-corrected chi connectivity index (χ1v) is 5.88. The van der Waals surface area contributed by atoms with E-state index in [9.17, 15) is 4.79 Å². The van der Waals surface area contributed by atoms with E-state index < -0.39 is 0 Å². The summed E-state index contributed by atoms with van der Waals surface area (Å²) >= 11 is 6.17. The van der Waals surface area contributed by atoms with Crippen molar-refractivity contribution in [3.05, 3.63) is 22.7 Å². The molecular weight excluding hydrogens is 272 g/mol. The molecule has 1 aliphatic heterocycles. The summed E-state index contributed by atoms with van der Waals surface area (Å²) in [6.07, 6.45) is 0.665. The SMILES string of the molecule is Nc1cc(-c2c(Cl)cc(C=O)c3c2OCCO3)on1. The van der Waals surface area contributed by atoms with Gasteiger partial charge in [-0.25, -0.2) is 0 Å². The van der Waals surface area contributed by atoms with Crippen molar-refractivity contribution < 1.29 is 18.8 Å². The largest absolute Gasteiger partial charge is 0.485 e. The quantitative estimate of drug-likeness (QED) is 0.848. The molecule has 6 nitrogen and oxygen atoms in total. The van der Waals surface area contributed by atoms with Crippen molar-refractivity contribution in [2.24, 2.45) is 0 Å². The Morgan fingerprint density at radius 1 is 1.26 bits per heavy atom. The van der Waals surface area contributed by atoms with Gasteiger partial charge in [-0.1, -0.05) is 16.8 Å². The molecule has 0 radical (unpaired) electrons. The molecule has 2 heterocycles. The molecule has 0 saturated heterocycles. The number of aldehydes is 1. The number of rotatable bonds is 2. The summed E-state index contributed by atoms with van der Waals surface area (Å²) in [6, 6.07) is 3.02. The number of fused-ring (bicyclic) bond motifs is 1. The molecule has 0 fully saturated rings. The van der Waals surface area contributed by atoms with Crippen molar-refractivity contribution in [3.63, 3.8) is 0 Å². The lowest BCUT2D eigenvalue weighted by molar-refractivity contribution is 0.111. The number of carbonyl (C=O) groups excluding carboxylic acids is 1. The first-order valence-electron chi connectivity index (χ1n) is 5.50. The van der Waals surface area contributed by atoms with E-state index in [0.29, 0.717) is 52.9 Å². The summed E-state index contributed by atoms with van der Waals surface area (Å²) in [5.74, 6) is 1.32. The fourth-order valence-corrected chi connectivity index (χ4v) is 2.22. The maximum absolute atomic E-state index is 11.0. The zero-order chi connectivity index (χ0) is 13.4. The van der Waals surface area contributed by atoms with E-state index in [1.807, 2.05) is 0 Å². The van der Waals surface area contributed by atoms with Crippen LogP contribution in [0, 0.1) is 0 Å². The van der Waals surface area contributed by atoms with Crippen LogP contribution in [-0.4, -0.2) is 24.7 Å². The van der Waals surface area contributed by atoms with Crippen LogP contribution in [0.25, 0.3) is 11.3 Å². The monoisotopic (exact) mass is 280 g/mol. The molecule has 0 atom stereocenters. The summed E-state index contributed by atoms with van der Waals surface area (Å²) in [4.78, 5) is 11.0. The number of halogens is 1. The zero-order valence-electron chi connectivity index (χ0n) is 9.68. The van der Waals surface area contributed by atoms with Crippen LogP contribution in [0.2, 0.25) is 5.02 Å². The number of hydrogen-bond donors (Lipinski definition) is 1. The highest BCUT2D eigenvalue weighted by Crippen LogP contribution is 2.46. The fraction of sp³-hybridized carbons (Fsp3) is 0.167. The summed E-state index contributed by atoms with van der Waals surface area (Å²) in [5.41, 5.74) is 6.33. The minimum Gasteiger partial charge on any atom is -0.485 e. The highest BCUT2D eigenvalue weighted by Gasteiger charge is 2.26. The van der Waals surface area contributed by atoms with Gasteiger partial charge in [-0.05, 0) is 6.07 Å². The fourth-order valence-electron chi connectivity index (χ4n) is 1.93. The molecule has 0 amide bonds. The summed E-state index contributed by atoms with van der Waals surface area (Å²) in [5, 5.41) is 3.91. The van der Waals surface area contributed by atoms with Crippen LogP contribution in [0.1, 0.15) is 10.4 Å². The maximum Gasteiger partial charge on any atom is 0.174 e. The van der Waals surface area contributed by atoms with Gasteiger partial charge < -0.3 is 19.7 Å². The Morgan fingerprint density at radius 3 is 2.63 bits per heavy atom. The Hall–Kier alpha value is -2.21. The molecule has 0 unspecified atom stereocenters. The Morgan fingerprint density at radius 2 is 2.00 bits per heavy atom. The van der Waals surface area contributed by atoms with Gasteiger partial charge >= 0.3 is 0 Å². The molecule has 7 heteroatoms. The van der Waals surface area contributed by atoms with Crippen LogP contribution in [0.15, 0.2) is 16.7 Å². The predicted octanol–water partition coefficient (Wildman–Crippen LogP) is 2.16. The molecule has 2 aromatic rings. The Balaban J connectivity index is 2.27. The van der Waals surface area contributed by atoms with Gasteiger partial charge in [-0.15, -0.1) is 0 Å². The lowest BCUT2D eigenvalue weighted by Crippen LogP contribution is -2.17. The predicted molar refractivity (Wildman–Crippen MR) is 67.7 cm³/mol. The van der Waals surface area contributed by atoms with Crippen LogP contribution < -0.4 is 15.2 Å². The molecule has 19 heavy (non-hydrogen) atoms. The lowest BCUT2D eigenvalue weighted by Gasteiger charge is -2.22.